The van der Waals surface area contributed by atoms with E-state index in [9.17, 15) is 4.79 Å². The molecule has 0 aliphatic rings. The van der Waals surface area contributed by atoms with Gasteiger partial charge in [0, 0.05) is 31.5 Å². The fraction of sp³-hybridized carbons (Fsp3) is 0.250. The molecule has 0 saturated carbocycles. The van der Waals surface area contributed by atoms with Gasteiger partial charge in [-0.15, -0.1) is 0 Å². The lowest BCUT2D eigenvalue weighted by Gasteiger charge is -2.11. The van der Waals surface area contributed by atoms with Crippen LogP contribution in [0.25, 0.3) is 11.3 Å². The second-order valence-electron chi connectivity index (χ2n) is 6.36. The molecule has 1 N–H and O–H groups in total. The molecule has 0 aliphatic carbocycles. The van der Waals surface area contributed by atoms with Crippen molar-refractivity contribution in [2.24, 2.45) is 7.05 Å². The summed E-state index contributed by atoms with van der Waals surface area (Å²) in [7, 11) is 1.87. The Hall–Kier alpha value is -2.95. The zero-order chi connectivity index (χ0) is 18.0. The lowest BCUT2D eigenvalue weighted by atomic mass is 9.97. The first-order valence-corrected chi connectivity index (χ1v) is 8.25. The molecule has 0 fully saturated rings. The summed E-state index contributed by atoms with van der Waals surface area (Å²) in [6, 6.07) is 9.93. The molecule has 0 spiro atoms. The number of benzene rings is 1. The molecule has 0 saturated heterocycles. The minimum atomic E-state index is -0.187. The van der Waals surface area contributed by atoms with Crippen molar-refractivity contribution in [1.29, 1.82) is 0 Å². The van der Waals surface area contributed by atoms with Gasteiger partial charge >= 0.3 is 0 Å². The van der Waals surface area contributed by atoms with Crippen LogP contribution < -0.4 is 5.32 Å². The molecule has 1 aromatic carbocycles. The number of hydrogen-bond donors (Lipinski definition) is 1. The number of hydrogen-bond acceptors (Lipinski definition) is 3. The van der Waals surface area contributed by atoms with Crippen molar-refractivity contribution in [3.8, 4) is 11.3 Å². The Bertz CT molecular complexity index is 890. The van der Waals surface area contributed by atoms with Gasteiger partial charge in [-0.1, -0.05) is 23.8 Å². The number of amides is 1. The first kappa shape index (κ1) is 16.9. The maximum Gasteiger partial charge on any atom is 0.272 e. The summed E-state index contributed by atoms with van der Waals surface area (Å²) < 4.78 is 1.77. The maximum atomic E-state index is 12.4. The Balaban J connectivity index is 1.84. The SMILES string of the molecule is Cc1cc(C)c(-c2cc(C(=O)NCc3cccnc3)nn2C)c(C)c1. The van der Waals surface area contributed by atoms with Gasteiger partial charge in [0.25, 0.3) is 5.91 Å². The highest BCUT2D eigenvalue weighted by atomic mass is 16.1. The van der Waals surface area contributed by atoms with E-state index in [-0.39, 0.29) is 5.91 Å². The van der Waals surface area contributed by atoms with Gasteiger partial charge in [0.1, 0.15) is 0 Å². The Morgan fingerprint density at radius 2 is 1.88 bits per heavy atom. The van der Waals surface area contributed by atoms with Crippen LogP contribution >= 0.6 is 0 Å². The summed E-state index contributed by atoms with van der Waals surface area (Å²) in [4.78, 5) is 16.5. The number of rotatable bonds is 4. The molecule has 5 heteroatoms. The summed E-state index contributed by atoms with van der Waals surface area (Å²) in [6.07, 6.45) is 3.45. The second-order valence-corrected chi connectivity index (χ2v) is 6.36. The van der Waals surface area contributed by atoms with Crippen molar-refractivity contribution in [2.45, 2.75) is 27.3 Å². The lowest BCUT2D eigenvalue weighted by molar-refractivity contribution is 0.0945. The van der Waals surface area contributed by atoms with E-state index < -0.39 is 0 Å². The van der Waals surface area contributed by atoms with Crippen LogP contribution in [-0.4, -0.2) is 20.7 Å². The number of pyridine rings is 1. The number of nitrogens with one attached hydrogen (secondary N) is 1. The zero-order valence-electron chi connectivity index (χ0n) is 15.0. The van der Waals surface area contributed by atoms with Crippen molar-refractivity contribution in [1.82, 2.24) is 20.1 Å². The molecule has 0 aliphatic heterocycles. The number of carbonyl (C=O) groups excluding carboxylic acids is 1. The molecule has 2 aromatic heterocycles. The van der Waals surface area contributed by atoms with Gasteiger partial charge in [-0.25, -0.2) is 0 Å². The normalized spacial score (nSPS) is 10.7. The molecule has 0 atom stereocenters. The van der Waals surface area contributed by atoms with E-state index in [0.29, 0.717) is 12.2 Å². The van der Waals surface area contributed by atoms with Crippen LogP contribution in [0.1, 0.15) is 32.7 Å². The number of aromatic nitrogens is 3. The van der Waals surface area contributed by atoms with E-state index in [0.717, 1.165) is 16.8 Å². The largest absolute Gasteiger partial charge is 0.347 e. The molecule has 2 heterocycles. The molecule has 5 nitrogen and oxygen atoms in total. The fourth-order valence-corrected chi connectivity index (χ4v) is 3.17. The predicted octanol–water partition coefficient (Wildman–Crippen LogP) is 3.34. The van der Waals surface area contributed by atoms with Crippen molar-refractivity contribution < 1.29 is 4.79 Å². The molecule has 0 radical (unpaired) electrons. The van der Waals surface area contributed by atoms with E-state index in [1.165, 1.54) is 16.7 Å². The summed E-state index contributed by atoms with van der Waals surface area (Å²) in [5.41, 5.74) is 7.05. The van der Waals surface area contributed by atoms with Crippen LogP contribution in [0.5, 0.6) is 0 Å². The molecule has 3 aromatic rings. The molecule has 0 bridgehead atoms. The van der Waals surface area contributed by atoms with Gasteiger partial charge in [0.15, 0.2) is 5.69 Å². The smallest absolute Gasteiger partial charge is 0.272 e. The topological polar surface area (TPSA) is 59.8 Å². The van der Waals surface area contributed by atoms with E-state index >= 15 is 0 Å². The van der Waals surface area contributed by atoms with Crippen LogP contribution in [0.3, 0.4) is 0 Å². The van der Waals surface area contributed by atoms with E-state index in [4.69, 9.17) is 0 Å². The zero-order valence-corrected chi connectivity index (χ0v) is 15.0. The van der Waals surface area contributed by atoms with E-state index in [1.807, 2.05) is 25.2 Å². The third kappa shape index (κ3) is 3.60. The summed E-state index contributed by atoms with van der Waals surface area (Å²) in [6.45, 7) is 6.69. The predicted molar refractivity (Wildman–Crippen MR) is 98.3 cm³/mol. The Morgan fingerprint density at radius 3 is 2.52 bits per heavy atom. The van der Waals surface area contributed by atoms with Crippen molar-refractivity contribution in [3.63, 3.8) is 0 Å². The highest BCUT2D eigenvalue weighted by Gasteiger charge is 2.16. The Labute approximate surface area is 147 Å². The van der Waals surface area contributed by atoms with Crippen molar-refractivity contribution in [2.75, 3.05) is 0 Å². The molecule has 25 heavy (non-hydrogen) atoms. The third-order valence-electron chi connectivity index (χ3n) is 4.22. The minimum Gasteiger partial charge on any atom is -0.347 e. The number of carbonyl (C=O) groups is 1. The second kappa shape index (κ2) is 6.89. The van der Waals surface area contributed by atoms with Crippen LogP contribution in [0.15, 0.2) is 42.7 Å². The van der Waals surface area contributed by atoms with Gasteiger partial charge in [-0.2, -0.15) is 5.10 Å². The Morgan fingerprint density at radius 1 is 1.16 bits per heavy atom. The standard InChI is InChI=1S/C20H22N4O/c1-13-8-14(2)19(15(3)9-13)18-10-17(23-24(18)4)20(25)22-12-16-6-5-7-21-11-16/h5-11H,12H2,1-4H3,(H,22,25). The number of nitrogens with zero attached hydrogens (tertiary/aromatic N) is 3. The van der Waals surface area contributed by atoms with Crippen LogP contribution in [0, 0.1) is 20.8 Å². The first-order valence-electron chi connectivity index (χ1n) is 8.25. The van der Waals surface area contributed by atoms with E-state index in [2.05, 4.69) is 48.3 Å². The van der Waals surface area contributed by atoms with Crippen LogP contribution in [0.2, 0.25) is 0 Å². The van der Waals surface area contributed by atoms with Gasteiger partial charge in [-0.3, -0.25) is 14.5 Å². The van der Waals surface area contributed by atoms with Gasteiger partial charge in [0.05, 0.1) is 5.69 Å². The average Bonchev–Trinajstić information content (AvgIpc) is 2.94. The summed E-state index contributed by atoms with van der Waals surface area (Å²) in [5, 5.41) is 7.28. The molecule has 128 valence electrons. The third-order valence-corrected chi connectivity index (χ3v) is 4.22. The molecule has 0 unspecified atom stereocenters. The van der Waals surface area contributed by atoms with Gasteiger partial charge in [0.2, 0.25) is 0 Å². The van der Waals surface area contributed by atoms with Crippen molar-refractivity contribution >= 4 is 5.91 Å². The molecular formula is C20H22N4O. The molecular weight excluding hydrogens is 312 g/mol. The average molecular weight is 334 g/mol. The maximum absolute atomic E-state index is 12.4. The highest BCUT2D eigenvalue weighted by molar-refractivity contribution is 5.93. The van der Waals surface area contributed by atoms with Crippen LogP contribution in [-0.2, 0) is 13.6 Å². The lowest BCUT2D eigenvalue weighted by Crippen LogP contribution is -2.23. The monoisotopic (exact) mass is 334 g/mol. The molecule has 1 amide bonds. The quantitative estimate of drug-likeness (QED) is 0.796. The minimum absolute atomic E-state index is 0.187. The Kier molecular flexibility index (Phi) is 4.65. The highest BCUT2D eigenvalue weighted by Crippen LogP contribution is 2.28. The van der Waals surface area contributed by atoms with Gasteiger partial charge < -0.3 is 5.32 Å². The van der Waals surface area contributed by atoms with E-state index in [1.54, 1.807) is 17.1 Å². The van der Waals surface area contributed by atoms with Crippen molar-refractivity contribution in [3.05, 3.63) is 70.7 Å². The summed E-state index contributed by atoms with van der Waals surface area (Å²) in [5.74, 6) is -0.187. The van der Waals surface area contributed by atoms with Crippen LogP contribution in [0.4, 0.5) is 0 Å². The fourth-order valence-electron chi connectivity index (χ4n) is 3.17. The van der Waals surface area contributed by atoms with Gasteiger partial charge in [-0.05, 0) is 49.6 Å². The summed E-state index contributed by atoms with van der Waals surface area (Å²) >= 11 is 0. The number of aryl methyl sites for hydroxylation is 4. The molecule has 3 rings (SSSR count). The first-order chi connectivity index (χ1) is 12.0.